The number of anilines is 1. The SMILES string of the molecule is COCC(Nc1cccc(OC)n1)C(C)C. The fourth-order valence-electron chi connectivity index (χ4n) is 1.38. The van der Waals surface area contributed by atoms with E-state index in [0.717, 1.165) is 5.82 Å². The first kappa shape index (κ1) is 12.8. The molecule has 0 saturated carbocycles. The van der Waals surface area contributed by atoms with Gasteiger partial charge < -0.3 is 14.8 Å². The van der Waals surface area contributed by atoms with Gasteiger partial charge in [-0.15, -0.1) is 0 Å². The normalized spacial score (nSPS) is 12.6. The van der Waals surface area contributed by atoms with Crippen LogP contribution in [-0.4, -0.2) is 31.9 Å². The van der Waals surface area contributed by atoms with Crippen molar-refractivity contribution in [3.05, 3.63) is 18.2 Å². The fraction of sp³-hybridized carbons (Fsp3) is 0.583. The Morgan fingerprint density at radius 1 is 1.31 bits per heavy atom. The Morgan fingerprint density at radius 2 is 2.06 bits per heavy atom. The zero-order chi connectivity index (χ0) is 12.0. The molecule has 1 aromatic heterocycles. The lowest BCUT2D eigenvalue weighted by Gasteiger charge is -2.22. The van der Waals surface area contributed by atoms with Crippen LogP contribution in [0.15, 0.2) is 18.2 Å². The van der Waals surface area contributed by atoms with Crippen molar-refractivity contribution >= 4 is 5.82 Å². The summed E-state index contributed by atoms with van der Waals surface area (Å²) in [6.45, 7) is 4.96. The molecule has 0 bridgehead atoms. The van der Waals surface area contributed by atoms with Crippen molar-refractivity contribution in [1.29, 1.82) is 0 Å². The summed E-state index contributed by atoms with van der Waals surface area (Å²) in [6, 6.07) is 5.92. The quantitative estimate of drug-likeness (QED) is 0.804. The molecule has 4 heteroatoms. The first-order chi connectivity index (χ1) is 7.67. The van der Waals surface area contributed by atoms with Gasteiger partial charge in [0, 0.05) is 13.2 Å². The van der Waals surface area contributed by atoms with Crippen LogP contribution < -0.4 is 10.1 Å². The van der Waals surface area contributed by atoms with E-state index in [1.54, 1.807) is 14.2 Å². The fourth-order valence-corrected chi connectivity index (χ4v) is 1.38. The number of methoxy groups -OCH3 is 2. The zero-order valence-electron chi connectivity index (χ0n) is 10.4. The Morgan fingerprint density at radius 3 is 2.62 bits per heavy atom. The highest BCUT2D eigenvalue weighted by atomic mass is 16.5. The van der Waals surface area contributed by atoms with E-state index in [4.69, 9.17) is 9.47 Å². The molecule has 1 atom stereocenters. The van der Waals surface area contributed by atoms with Gasteiger partial charge in [0.1, 0.15) is 5.82 Å². The van der Waals surface area contributed by atoms with Crippen LogP contribution in [0.2, 0.25) is 0 Å². The lowest BCUT2D eigenvalue weighted by molar-refractivity contribution is 0.171. The number of rotatable bonds is 6. The third-order valence-corrected chi connectivity index (χ3v) is 2.42. The molecule has 0 amide bonds. The average molecular weight is 224 g/mol. The van der Waals surface area contributed by atoms with E-state index in [1.165, 1.54) is 0 Å². The standard InChI is InChI=1S/C12H20N2O2/c1-9(2)10(8-15-3)13-11-6-5-7-12(14-11)16-4/h5-7,9-10H,8H2,1-4H3,(H,13,14). The van der Waals surface area contributed by atoms with Crippen molar-refractivity contribution in [1.82, 2.24) is 4.98 Å². The molecule has 1 rings (SSSR count). The maximum absolute atomic E-state index is 5.17. The van der Waals surface area contributed by atoms with Crippen molar-refractivity contribution in [3.8, 4) is 5.88 Å². The number of ether oxygens (including phenoxy) is 2. The molecule has 0 saturated heterocycles. The maximum Gasteiger partial charge on any atom is 0.214 e. The van der Waals surface area contributed by atoms with Gasteiger partial charge in [-0.05, 0) is 12.0 Å². The van der Waals surface area contributed by atoms with Gasteiger partial charge in [-0.3, -0.25) is 0 Å². The number of pyridine rings is 1. The Balaban J connectivity index is 2.68. The summed E-state index contributed by atoms with van der Waals surface area (Å²) in [5, 5.41) is 3.34. The molecular weight excluding hydrogens is 204 g/mol. The van der Waals surface area contributed by atoms with E-state index in [-0.39, 0.29) is 6.04 Å². The molecule has 0 aliphatic heterocycles. The third-order valence-electron chi connectivity index (χ3n) is 2.42. The molecule has 16 heavy (non-hydrogen) atoms. The minimum Gasteiger partial charge on any atom is -0.481 e. The van der Waals surface area contributed by atoms with Gasteiger partial charge >= 0.3 is 0 Å². The summed E-state index contributed by atoms with van der Waals surface area (Å²) < 4.78 is 10.2. The van der Waals surface area contributed by atoms with E-state index in [9.17, 15) is 0 Å². The highest BCUT2D eigenvalue weighted by Crippen LogP contribution is 2.14. The second-order valence-electron chi connectivity index (χ2n) is 4.02. The molecule has 0 aliphatic carbocycles. The van der Waals surface area contributed by atoms with Gasteiger partial charge in [-0.1, -0.05) is 19.9 Å². The van der Waals surface area contributed by atoms with Crippen LogP contribution in [-0.2, 0) is 4.74 Å². The number of nitrogens with zero attached hydrogens (tertiary/aromatic N) is 1. The molecule has 1 aromatic rings. The second kappa shape index (κ2) is 6.33. The average Bonchev–Trinajstić information content (AvgIpc) is 2.28. The van der Waals surface area contributed by atoms with Gasteiger partial charge in [-0.2, -0.15) is 4.98 Å². The molecule has 0 fully saturated rings. The van der Waals surface area contributed by atoms with E-state index < -0.39 is 0 Å². The highest BCUT2D eigenvalue weighted by molar-refractivity contribution is 5.38. The largest absolute Gasteiger partial charge is 0.481 e. The first-order valence-corrected chi connectivity index (χ1v) is 5.44. The van der Waals surface area contributed by atoms with Gasteiger partial charge in [0.15, 0.2) is 0 Å². The Hall–Kier alpha value is -1.29. The van der Waals surface area contributed by atoms with Crippen molar-refractivity contribution in [3.63, 3.8) is 0 Å². The predicted molar refractivity (Wildman–Crippen MR) is 64.9 cm³/mol. The zero-order valence-corrected chi connectivity index (χ0v) is 10.4. The smallest absolute Gasteiger partial charge is 0.214 e. The van der Waals surface area contributed by atoms with E-state index in [0.29, 0.717) is 18.4 Å². The van der Waals surface area contributed by atoms with Gasteiger partial charge in [-0.25, -0.2) is 0 Å². The predicted octanol–water partition coefficient (Wildman–Crippen LogP) is 2.17. The molecule has 1 unspecified atom stereocenters. The number of aromatic nitrogens is 1. The molecule has 0 spiro atoms. The van der Waals surface area contributed by atoms with Crippen molar-refractivity contribution in [2.24, 2.45) is 5.92 Å². The molecule has 0 aliphatic rings. The summed E-state index contributed by atoms with van der Waals surface area (Å²) in [6.07, 6.45) is 0. The minimum atomic E-state index is 0.254. The molecule has 4 nitrogen and oxygen atoms in total. The monoisotopic (exact) mass is 224 g/mol. The number of hydrogen-bond acceptors (Lipinski definition) is 4. The molecule has 1 heterocycles. The highest BCUT2D eigenvalue weighted by Gasteiger charge is 2.13. The minimum absolute atomic E-state index is 0.254. The topological polar surface area (TPSA) is 43.4 Å². The van der Waals surface area contributed by atoms with Crippen LogP contribution in [0.5, 0.6) is 5.88 Å². The molecule has 0 aromatic carbocycles. The van der Waals surface area contributed by atoms with Gasteiger partial charge in [0.25, 0.3) is 0 Å². The van der Waals surface area contributed by atoms with Crippen molar-refractivity contribution in [2.75, 3.05) is 26.1 Å². The summed E-state index contributed by atoms with van der Waals surface area (Å²) in [5.41, 5.74) is 0. The van der Waals surface area contributed by atoms with Crippen LogP contribution >= 0.6 is 0 Å². The summed E-state index contributed by atoms with van der Waals surface area (Å²) in [5.74, 6) is 1.91. The van der Waals surface area contributed by atoms with Gasteiger partial charge in [0.2, 0.25) is 5.88 Å². The molecular formula is C12H20N2O2. The van der Waals surface area contributed by atoms with Crippen LogP contribution in [0.3, 0.4) is 0 Å². The molecule has 0 radical (unpaired) electrons. The van der Waals surface area contributed by atoms with Gasteiger partial charge in [0.05, 0.1) is 19.8 Å². The van der Waals surface area contributed by atoms with E-state index >= 15 is 0 Å². The van der Waals surface area contributed by atoms with Crippen LogP contribution in [0.4, 0.5) is 5.82 Å². The Kier molecular flexibility index (Phi) is 5.05. The first-order valence-electron chi connectivity index (χ1n) is 5.44. The summed E-state index contributed by atoms with van der Waals surface area (Å²) >= 11 is 0. The lowest BCUT2D eigenvalue weighted by Crippen LogP contribution is -2.30. The lowest BCUT2D eigenvalue weighted by atomic mass is 10.1. The maximum atomic E-state index is 5.17. The van der Waals surface area contributed by atoms with E-state index in [2.05, 4.69) is 24.1 Å². The van der Waals surface area contributed by atoms with E-state index in [1.807, 2.05) is 18.2 Å². The van der Waals surface area contributed by atoms with Crippen LogP contribution in [0.1, 0.15) is 13.8 Å². The number of hydrogen-bond donors (Lipinski definition) is 1. The van der Waals surface area contributed by atoms with Crippen LogP contribution in [0, 0.1) is 5.92 Å². The van der Waals surface area contributed by atoms with Crippen LogP contribution in [0.25, 0.3) is 0 Å². The summed E-state index contributed by atoms with van der Waals surface area (Å²) in [7, 11) is 3.32. The van der Waals surface area contributed by atoms with Crippen molar-refractivity contribution < 1.29 is 9.47 Å². The third kappa shape index (κ3) is 3.70. The number of nitrogens with one attached hydrogen (secondary N) is 1. The Labute approximate surface area is 97.0 Å². The van der Waals surface area contributed by atoms with Crippen molar-refractivity contribution in [2.45, 2.75) is 19.9 Å². The summed E-state index contributed by atoms with van der Waals surface area (Å²) in [4.78, 5) is 4.31. The molecule has 90 valence electrons. The second-order valence-corrected chi connectivity index (χ2v) is 4.02. The Bertz CT molecular complexity index is 316. The molecule has 1 N–H and O–H groups in total.